The van der Waals surface area contributed by atoms with Crippen molar-refractivity contribution in [2.24, 2.45) is 22.7 Å². The van der Waals surface area contributed by atoms with Crippen LogP contribution in [0.15, 0.2) is 0 Å². The van der Waals surface area contributed by atoms with Crippen LogP contribution in [0, 0.1) is 22.7 Å². The summed E-state index contributed by atoms with van der Waals surface area (Å²) < 4.78 is 30.0. The van der Waals surface area contributed by atoms with Crippen molar-refractivity contribution in [1.82, 2.24) is 5.32 Å². The van der Waals surface area contributed by atoms with E-state index in [1.807, 2.05) is 0 Å². The second-order valence-electron chi connectivity index (χ2n) is 7.26. The molecule has 0 unspecified atom stereocenters. The number of rotatable bonds is 5. The third-order valence-corrected chi connectivity index (χ3v) is 7.10. The van der Waals surface area contributed by atoms with E-state index in [2.05, 4.69) is 33.0 Å². The Morgan fingerprint density at radius 3 is 2.47 bits per heavy atom. The van der Waals surface area contributed by atoms with Crippen LogP contribution >= 0.6 is 0 Å². The quantitative estimate of drug-likeness (QED) is 0.602. The summed E-state index contributed by atoms with van der Waals surface area (Å²) in [6.45, 7) is 10.1. The van der Waals surface area contributed by atoms with Crippen LogP contribution < -0.4 is 5.32 Å². The number of hydrogen-bond acceptors (Lipinski definition) is 3. The van der Waals surface area contributed by atoms with Crippen LogP contribution in [0.25, 0.3) is 0 Å². The van der Waals surface area contributed by atoms with Gasteiger partial charge in [-0.2, -0.15) is 8.42 Å². The maximum Gasteiger partial charge on any atom is 0.264 e. The van der Waals surface area contributed by atoms with E-state index >= 15 is 0 Å². The van der Waals surface area contributed by atoms with Gasteiger partial charge < -0.3 is 5.32 Å². The van der Waals surface area contributed by atoms with Gasteiger partial charge in [-0.15, -0.1) is 0 Å². The predicted molar refractivity (Wildman–Crippen MR) is 76.6 cm³/mol. The highest BCUT2D eigenvalue weighted by Crippen LogP contribution is 2.69. The maximum absolute atomic E-state index is 10.7. The Balaban J connectivity index is 1.85. The average Bonchev–Trinajstić information content (AvgIpc) is 2.27. The summed E-state index contributed by atoms with van der Waals surface area (Å²) in [5.41, 5.74) is 0.829. The molecule has 3 aliphatic carbocycles. The SMILES string of the molecule is C[C@H]1[C@H](NCCCS(=O)(=O)O)C[C@@H]2C[C@@]1(C)C2(C)C. The van der Waals surface area contributed by atoms with Gasteiger partial charge in [-0.1, -0.05) is 27.7 Å². The highest BCUT2D eigenvalue weighted by atomic mass is 32.2. The Hall–Kier alpha value is -0.130. The van der Waals surface area contributed by atoms with Crippen LogP contribution in [0.3, 0.4) is 0 Å². The van der Waals surface area contributed by atoms with E-state index in [4.69, 9.17) is 4.55 Å². The Morgan fingerprint density at radius 2 is 1.95 bits per heavy atom. The fraction of sp³-hybridized carbons (Fsp3) is 1.00. The van der Waals surface area contributed by atoms with E-state index in [0.29, 0.717) is 35.8 Å². The summed E-state index contributed by atoms with van der Waals surface area (Å²) in [6.07, 6.45) is 2.99. The van der Waals surface area contributed by atoms with Crippen molar-refractivity contribution in [1.29, 1.82) is 0 Å². The molecule has 0 spiro atoms. The van der Waals surface area contributed by atoms with Crippen LogP contribution in [0.1, 0.15) is 47.0 Å². The van der Waals surface area contributed by atoms with Crippen LogP contribution in [-0.4, -0.2) is 31.3 Å². The van der Waals surface area contributed by atoms with Gasteiger partial charge in [0.25, 0.3) is 10.1 Å². The summed E-state index contributed by atoms with van der Waals surface area (Å²) in [5, 5.41) is 3.49. The van der Waals surface area contributed by atoms with Crippen molar-refractivity contribution in [2.45, 2.75) is 53.0 Å². The zero-order valence-corrected chi connectivity index (χ0v) is 13.3. The molecule has 112 valence electrons. The smallest absolute Gasteiger partial charge is 0.264 e. The van der Waals surface area contributed by atoms with Gasteiger partial charge in [0.1, 0.15) is 0 Å². The van der Waals surface area contributed by atoms with Gasteiger partial charge in [-0.25, -0.2) is 0 Å². The van der Waals surface area contributed by atoms with Crippen molar-refractivity contribution in [3.8, 4) is 0 Å². The molecule has 2 N–H and O–H groups in total. The molecule has 2 bridgehead atoms. The van der Waals surface area contributed by atoms with E-state index in [-0.39, 0.29) is 5.75 Å². The van der Waals surface area contributed by atoms with E-state index in [9.17, 15) is 8.42 Å². The molecule has 4 atom stereocenters. The lowest BCUT2D eigenvalue weighted by atomic mass is 9.36. The Bertz CT molecular complexity index is 446. The second kappa shape index (κ2) is 4.71. The molecule has 0 saturated heterocycles. The van der Waals surface area contributed by atoms with Gasteiger partial charge in [0.05, 0.1) is 5.75 Å². The number of nitrogens with one attached hydrogen (secondary N) is 1. The van der Waals surface area contributed by atoms with Crippen molar-refractivity contribution < 1.29 is 13.0 Å². The summed E-state index contributed by atoms with van der Waals surface area (Å²) in [4.78, 5) is 0. The molecule has 4 nitrogen and oxygen atoms in total. The van der Waals surface area contributed by atoms with Gasteiger partial charge in [-0.05, 0) is 48.5 Å². The first-order valence-electron chi connectivity index (χ1n) is 7.26. The van der Waals surface area contributed by atoms with E-state index in [1.54, 1.807) is 0 Å². The van der Waals surface area contributed by atoms with Crippen molar-refractivity contribution >= 4 is 10.1 Å². The van der Waals surface area contributed by atoms with Crippen molar-refractivity contribution in [2.75, 3.05) is 12.3 Å². The molecule has 0 aliphatic heterocycles. The highest BCUT2D eigenvalue weighted by Gasteiger charge is 2.63. The molecule has 3 saturated carbocycles. The lowest BCUT2D eigenvalue weighted by molar-refractivity contribution is -0.193. The summed E-state index contributed by atoms with van der Waals surface area (Å²) >= 11 is 0. The first-order chi connectivity index (χ1) is 8.58. The van der Waals surface area contributed by atoms with Crippen LogP contribution in [0.5, 0.6) is 0 Å². The molecule has 0 heterocycles. The largest absolute Gasteiger partial charge is 0.314 e. The normalized spacial score (nSPS) is 40.8. The molecule has 0 aromatic heterocycles. The molecule has 3 aliphatic rings. The lowest BCUT2D eigenvalue weighted by Crippen LogP contribution is -2.66. The molecule has 19 heavy (non-hydrogen) atoms. The molecule has 0 aromatic rings. The molecule has 3 fully saturated rings. The standard InChI is InChI=1S/C14H27NO3S/c1-10-12(15-6-5-7-19(16,17)18)8-11-9-14(10,4)13(11,2)3/h10-12,15H,5-9H2,1-4H3,(H,16,17,18)/t10-,11+,12+,14+/m0/s1. The van der Waals surface area contributed by atoms with Gasteiger partial charge in [-0.3, -0.25) is 4.55 Å². The van der Waals surface area contributed by atoms with Gasteiger partial charge in [0.2, 0.25) is 0 Å². The summed E-state index contributed by atoms with van der Waals surface area (Å²) in [5.74, 6) is 1.25. The topological polar surface area (TPSA) is 66.4 Å². The van der Waals surface area contributed by atoms with E-state index in [1.165, 1.54) is 12.8 Å². The monoisotopic (exact) mass is 289 g/mol. The molecule has 5 heteroatoms. The molecule has 3 rings (SSSR count). The van der Waals surface area contributed by atoms with Crippen LogP contribution in [-0.2, 0) is 10.1 Å². The van der Waals surface area contributed by atoms with Crippen molar-refractivity contribution in [3.05, 3.63) is 0 Å². The minimum atomic E-state index is -3.81. The fourth-order valence-corrected chi connectivity index (χ4v) is 4.78. The van der Waals surface area contributed by atoms with Gasteiger partial charge >= 0.3 is 0 Å². The summed E-state index contributed by atoms with van der Waals surface area (Å²) in [7, 11) is -3.81. The van der Waals surface area contributed by atoms with Gasteiger partial charge in [0.15, 0.2) is 0 Å². The summed E-state index contributed by atoms with van der Waals surface area (Å²) in [6, 6.07) is 0.484. The maximum atomic E-state index is 10.7. The average molecular weight is 289 g/mol. The first kappa shape index (κ1) is 15.3. The molecular formula is C14H27NO3S. The van der Waals surface area contributed by atoms with Crippen LogP contribution in [0.2, 0.25) is 0 Å². The molecule has 0 radical (unpaired) electrons. The van der Waals surface area contributed by atoms with Crippen LogP contribution in [0.4, 0.5) is 0 Å². The second-order valence-corrected chi connectivity index (χ2v) is 8.84. The highest BCUT2D eigenvalue weighted by molar-refractivity contribution is 7.85. The predicted octanol–water partition coefficient (Wildman–Crippen LogP) is 2.31. The van der Waals surface area contributed by atoms with Gasteiger partial charge in [0, 0.05) is 6.04 Å². The Kier molecular flexibility index (Phi) is 3.78. The van der Waals surface area contributed by atoms with E-state index < -0.39 is 10.1 Å². The Morgan fingerprint density at radius 1 is 1.32 bits per heavy atom. The van der Waals surface area contributed by atoms with Crippen molar-refractivity contribution in [3.63, 3.8) is 0 Å². The molecular weight excluding hydrogens is 262 g/mol. The minimum absolute atomic E-state index is 0.146. The zero-order chi connectivity index (χ0) is 14.5. The number of hydrogen-bond donors (Lipinski definition) is 2. The number of fused-ring (bicyclic) bond motifs is 2. The van der Waals surface area contributed by atoms with E-state index in [0.717, 1.165) is 5.92 Å². The zero-order valence-electron chi connectivity index (χ0n) is 12.4. The lowest BCUT2D eigenvalue weighted by Gasteiger charge is -2.69. The first-order valence-corrected chi connectivity index (χ1v) is 8.87. The minimum Gasteiger partial charge on any atom is -0.314 e. The molecule has 0 amide bonds. The third-order valence-electron chi connectivity index (χ3n) is 6.30. The Labute approximate surface area is 117 Å². The molecule has 0 aromatic carbocycles. The third kappa shape index (κ3) is 2.57. The fourth-order valence-electron chi connectivity index (χ4n) is 4.27.